The van der Waals surface area contributed by atoms with Gasteiger partial charge in [0.25, 0.3) is 5.91 Å². The first kappa shape index (κ1) is 21.0. The topological polar surface area (TPSA) is 101 Å². The van der Waals surface area contributed by atoms with Crippen LogP contribution in [-0.2, 0) is 30.5 Å². The number of nitrogens with one attached hydrogen (secondary N) is 1. The molecular formula is C20H18F3N5O2S. The van der Waals surface area contributed by atoms with Gasteiger partial charge in [0.15, 0.2) is 0 Å². The molecule has 0 saturated carbocycles. The lowest BCUT2D eigenvalue weighted by Gasteiger charge is -2.29. The fraction of sp³-hybridized carbons (Fsp3) is 0.300. The summed E-state index contributed by atoms with van der Waals surface area (Å²) in [6.07, 6.45) is -1.35. The molecule has 162 valence electrons. The zero-order chi connectivity index (χ0) is 22.3. The molecule has 0 unspecified atom stereocenters. The Bertz CT molecular complexity index is 1180. The number of nitrogen functional groups attached to an aromatic ring is 1. The predicted molar refractivity (Wildman–Crippen MR) is 109 cm³/mol. The van der Waals surface area contributed by atoms with Crippen LogP contribution in [0.3, 0.4) is 0 Å². The lowest BCUT2D eigenvalue weighted by Crippen LogP contribution is -2.36. The van der Waals surface area contributed by atoms with E-state index in [9.17, 15) is 22.8 Å². The number of rotatable bonds is 3. The van der Waals surface area contributed by atoms with Crippen LogP contribution in [-0.4, -0.2) is 33.2 Å². The van der Waals surface area contributed by atoms with Gasteiger partial charge in [-0.25, -0.2) is 4.98 Å². The van der Waals surface area contributed by atoms with Crippen LogP contribution in [0.1, 0.15) is 39.0 Å². The van der Waals surface area contributed by atoms with Gasteiger partial charge in [0, 0.05) is 62.0 Å². The first-order valence-corrected chi connectivity index (χ1v) is 10.2. The number of carbonyl (C=O) groups is 2. The molecule has 3 aromatic rings. The van der Waals surface area contributed by atoms with Gasteiger partial charge in [-0.05, 0) is 11.6 Å². The Morgan fingerprint density at radius 3 is 2.77 bits per heavy atom. The SMILES string of the molecule is CC(=O)N1CCc2nc3sc(C(=O)NCc4cccnc4)c(N)c3c(C(F)(F)F)c2C1. The van der Waals surface area contributed by atoms with E-state index in [1.807, 2.05) is 0 Å². The molecule has 0 radical (unpaired) electrons. The Hall–Kier alpha value is -3.21. The maximum atomic E-state index is 14.1. The normalized spacial score (nSPS) is 13.9. The van der Waals surface area contributed by atoms with E-state index < -0.39 is 17.6 Å². The Morgan fingerprint density at radius 1 is 1.35 bits per heavy atom. The minimum Gasteiger partial charge on any atom is -0.397 e. The summed E-state index contributed by atoms with van der Waals surface area (Å²) in [5.74, 6) is -0.895. The van der Waals surface area contributed by atoms with Crippen molar-refractivity contribution in [3.63, 3.8) is 0 Å². The van der Waals surface area contributed by atoms with Crippen LogP contribution in [0, 0.1) is 0 Å². The smallest absolute Gasteiger partial charge is 0.397 e. The summed E-state index contributed by atoms with van der Waals surface area (Å²) in [6.45, 7) is 1.57. The van der Waals surface area contributed by atoms with E-state index in [2.05, 4.69) is 15.3 Å². The number of carbonyl (C=O) groups excluding carboxylic acids is 2. The first-order chi connectivity index (χ1) is 14.7. The van der Waals surface area contributed by atoms with Gasteiger partial charge >= 0.3 is 6.18 Å². The number of nitrogens with zero attached hydrogens (tertiary/aromatic N) is 3. The van der Waals surface area contributed by atoms with Gasteiger partial charge in [0.2, 0.25) is 5.91 Å². The van der Waals surface area contributed by atoms with Gasteiger partial charge in [-0.1, -0.05) is 6.07 Å². The van der Waals surface area contributed by atoms with Crippen molar-refractivity contribution in [3.8, 4) is 0 Å². The Balaban J connectivity index is 1.78. The molecule has 11 heteroatoms. The Kier molecular flexibility index (Phi) is 5.29. The zero-order valence-corrected chi connectivity index (χ0v) is 17.2. The molecule has 1 aliphatic rings. The molecule has 4 rings (SSSR count). The summed E-state index contributed by atoms with van der Waals surface area (Å²) < 4.78 is 42.3. The van der Waals surface area contributed by atoms with Crippen LogP contribution >= 0.6 is 11.3 Å². The second-order valence-electron chi connectivity index (χ2n) is 7.17. The van der Waals surface area contributed by atoms with Gasteiger partial charge in [-0.3, -0.25) is 14.6 Å². The highest BCUT2D eigenvalue weighted by Crippen LogP contribution is 2.45. The average Bonchev–Trinajstić information content (AvgIpc) is 3.05. The number of halogens is 3. The predicted octanol–water partition coefficient (Wildman–Crippen LogP) is 3.13. The second kappa shape index (κ2) is 7.80. The van der Waals surface area contributed by atoms with E-state index in [-0.39, 0.29) is 64.0 Å². The lowest BCUT2D eigenvalue weighted by atomic mass is 9.96. The maximum Gasteiger partial charge on any atom is 0.417 e. The molecule has 0 aliphatic carbocycles. The Morgan fingerprint density at radius 2 is 2.13 bits per heavy atom. The molecule has 0 atom stereocenters. The molecule has 0 spiro atoms. The van der Waals surface area contributed by atoms with Crippen molar-refractivity contribution < 1.29 is 22.8 Å². The highest BCUT2D eigenvalue weighted by Gasteiger charge is 2.41. The molecule has 3 aromatic heterocycles. The van der Waals surface area contributed by atoms with E-state index >= 15 is 0 Å². The van der Waals surface area contributed by atoms with E-state index in [4.69, 9.17) is 5.73 Å². The fourth-order valence-electron chi connectivity index (χ4n) is 3.64. The second-order valence-corrected chi connectivity index (χ2v) is 8.17. The molecule has 0 aromatic carbocycles. The number of amides is 2. The third kappa shape index (κ3) is 3.92. The third-order valence-electron chi connectivity index (χ3n) is 5.14. The number of nitrogens with two attached hydrogens (primary N) is 1. The number of thiophene rings is 1. The number of hydrogen-bond acceptors (Lipinski definition) is 6. The molecule has 0 bridgehead atoms. The summed E-state index contributed by atoms with van der Waals surface area (Å²) in [6, 6.07) is 3.48. The van der Waals surface area contributed by atoms with E-state index in [0.717, 1.165) is 16.9 Å². The van der Waals surface area contributed by atoms with E-state index in [0.29, 0.717) is 0 Å². The quantitative estimate of drug-likeness (QED) is 0.640. The summed E-state index contributed by atoms with van der Waals surface area (Å²) in [4.78, 5) is 34.1. The molecule has 1 aliphatic heterocycles. The summed E-state index contributed by atoms with van der Waals surface area (Å²) in [5, 5.41) is 2.37. The number of fused-ring (bicyclic) bond motifs is 2. The van der Waals surface area contributed by atoms with Crippen molar-refractivity contribution >= 4 is 39.1 Å². The van der Waals surface area contributed by atoms with Crippen molar-refractivity contribution in [1.29, 1.82) is 0 Å². The fourth-order valence-corrected chi connectivity index (χ4v) is 4.68. The summed E-state index contributed by atoms with van der Waals surface area (Å²) in [7, 11) is 0. The number of anilines is 1. The number of alkyl halides is 3. The molecule has 0 saturated heterocycles. The van der Waals surface area contributed by atoms with Gasteiger partial charge in [0.1, 0.15) is 9.71 Å². The summed E-state index contributed by atoms with van der Waals surface area (Å²) >= 11 is 0.833. The molecular weight excluding hydrogens is 431 g/mol. The standard InChI is InChI=1S/C20H18F3N5O2S/c1-10(29)28-6-4-13-12(9-28)15(20(21,22)23)14-16(24)17(31-19(14)27-13)18(30)26-8-11-3-2-5-25-7-11/h2-3,5,7H,4,6,8-9,24H2,1H3,(H,26,30). The monoisotopic (exact) mass is 449 g/mol. The Labute approximate surface area is 179 Å². The molecule has 3 N–H and O–H groups in total. The van der Waals surface area contributed by atoms with Crippen molar-refractivity contribution in [2.45, 2.75) is 32.6 Å². The van der Waals surface area contributed by atoms with Crippen molar-refractivity contribution in [1.82, 2.24) is 20.2 Å². The number of aromatic nitrogens is 2. The average molecular weight is 449 g/mol. The molecule has 0 fully saturated rings. The van der Waals surface area contributed by atoms with Gasteiger partial charge < -0.3 is 16.0 Å². The third-order valence-corrected chi connectivity index (χ3v) is 6.24. The van der Waals surface area contributed by atoms with Crippen LogP contribution in [0.2, 0.25) is 0 Å². The zero-order valence-electron chi connectivity index (χ0n) is 16.4. The molecule has 7 nitrogen and oxygen atoms in total. The molecule has 2 amide bonds. The van der Waals surface area contributed by atoms with Crippen LogP contribution in [0.4, 0.5) is 18.9 Å². The van der Waals surface area contributed by atoms with Gasteiger partial charge in [0.05, 0.1) is 11.3 Å². The minimum atomic E-state index is -4.72. The number of pyridine rings is 2. The van der Waals surface area contributed by atoms with Crippen LogP contribution in [0.15, 0.2) is 24.5 Å². The number of hydrogen-bond donors (Lipinski definition) is 2. The van der Waals surface area contributed by atoms with Gasteiger partial charge in [-0.2, -0.15) is 13.2 Å². The van der Waals surface area contributed by atoms with Crippen molar-refractivity contribution in [2.75, 3.05) is 12.3 Å². The summed E-state index contributed by atoms with van der Waals surface area (Å²) in [5.41, 5.74) is 5.83. The van der Waals surface area contributed by atoms with Crippen LogP contribution < -0.4 is 11.1 Å². The van der Waals surface area contributed by atoms with Crippen molar-refractivity contribution in [3.05, 3.63) is 51.8 Å². The van der Waals surface area contributed by atoms with E-state index in [1.54, 1.807) is 24.5 Å². The van der Waals surface area contributed by atoms with Gasteiger partial charge in [-0.15, -0.1) is 11.3 Å². The molecule has 31 heavy (non-hydrogen) atoms. The highest BCUT2D eigenvalue weighted by molar-refractivity contribution is 7.21. The van der Waals surface area contributed by atoms with Crippen molar-refractivity contribution in [2.24, 2.45) is 0 Å². The first-order valence-electron chi connectivity index (χ1n) is 9.40. The maximum absolute atomic E-state index is 14.1. The largest absolute Gasteiger partial charge is 0.417 e. The van der Waals surface area contributed by atoms with Crippen LogP contribution in [0.25, 0.3) is 10.2 Å². The van der Waals surface area contributed by atoms with E-state index in [1.165, 1.54) is 11.8 Å². The van der Waals surface area contributed by atoms with Crippen LogP contribution in [0.5, 0.6) is 0 Å². The minimum absolute atomic E-state index is 0.0253. The molecule has 4 heterocycles. The lowest BCUT2D eigenvalue weighted by molar-refractivity contribution is -0.138. The highest BCUT2D eigenvalue weighted by atomic mass is 32.1.